The number of aromatic nitrogens is 1. The molecule has 0 bridgehead atoms. The number of pyridine rings is 1. The Balaban J connectivity index is 1.82. The number of hydrogen-bond acceptors (Lipinski definition) is 2. The molecule has 0 saturated carbocycles. The van der Waals surface area contributed by atoms with Crippen LogP contribution in [0.1, 0.15) is 0 Å². The van der Waals surface area contributed by atoms with Crippen LogP contribution in [-0.4, -0.2) is 10.5 Å². The molecule has 1 aromatic heterocycles. The Morgan fingerprint density at radius 2 is 1.91 bits per heavy atom. The van der Waals surface area contributed by atoms with E-state index in [0.717, 1.165) is 9.86 Å². The van der Waals surface area contributed by atoms with Crippen LogP contribution >= 0.6 is 15.9 Å². The summed E-state index contributed by atoms with van der Waals surface area (Å²) in [6.45, 7) is -0.0177. The summed E-state index contributed by atoms with van der Waals surface area (Å²) in [6.07, 6.45) is 1.64. The highest BCUT2D eigenvalue weighted by Crippen LogP contribution is 2.15. The van der Waals surface area contributed by atoms with Gasteiger partial charge in [-0.25, -0.2) is 0 Å². The van der Waals surface area contributed by atoms with E-state index in [1.54, 1.807) is 24.4 Å². The van der Waals surface area contributed by atoms with Crippen molar-refractivity contribution in [2.24, 2.45) is 0 Å². The summed E-state index contributed by atoms with van der Waals surface area (Å²) in [7, 11) is 0. The minimum Gasteiger partial charge on any atom is -0.324 e. The lowest BCUT2D eigenvalue weighted by Gasteiger charge is -2.08. The molecule has 22 heavy (non-hydrogen) atoms. The Morgan fingerprint density at radius 1 is 1.09 bits per heavy atom. The summed E-state index contributed by atoms with van der Waals surface area (Å²) in [5.74, 6) is -0.240. The van der Waals surface area contributed by atoms with E-state index in [2.05, 4.69) is 21.2 Å². The Morgan fingerprint density at radius 3 is 2.73 bits per heavy atom. The van der Waals surface area contributed by atoms with Crippen molar-refractivity contribution in [1.29, 1.82) is 0 Å². The molecule has 1 amide bonds. The lowest BCUT2D eigenvalue weighted by Crippen LogP contribution is -2.27. The van der Waals surface area contributed by atoms with Crippen LogP contribution in [0.15, 0.2) is 70.1 Å². The van der Waals surface area contributed by atoms with Crippen molar-refractivity contribution in [3.63, 3.8) is 0 Å². The molecule has 0 unspecified atom stereocenters. The number of fused-ring (bicyclic) bond motifs is 1. The van der Waals surface area contributed by atoms with Crippen LogP contribution in [0, 0.1) is 0 Å². The van der Waals surface area contributed by atoms with Gasteiger partial charge in [0, 0.05) is 21.7 Å². The fourth-order valence-corrected chi connectivity index (χ4v) is 2.68. The van der Waals surface area contributed by atoms with Gasteiger partial charge in [-0.1, -0.05) is 40.2 Å². The molecule has 5 heteroatoms. The lowest BCUT2D eigenvalue weighted by molar-refractivity contribution is -0.116. The van der Waals surface area contributed by atoms with Gasteiger partial charge in [-0.15, -0.1) is 0 Å². The molecule has 110 valence electrons. The lowest BCUT2D eigenvalue weighted by atomic mass is 10.2. The van der Waals surface area contributed by atoms with E-state index < -0.39 is 0 Å². The molecular weight excluding hydrogens is 344 g/mol. The van der Waals surface area contributed by atoms with Crippen molar-refractivity contribution >= 4 is 38.3 Å². The van der Waals surface area contributed by atoms with E-state index in [-0.39, 0.29) is 18.0 Å². The van der Waals surface area contributed by atoms with Crippen molar-refractivity contribution < 1.29 is 4.79 Å². The van der Waals surface area contributed by atoms with Crippen LogP contribution in [0.4, 0.5) is 5.69 Å². The Labute approximate surface area is 135 Å². The monoisotopic (exact) mass is 356 g/mol. The molecule has 0 aliphatic carbocycles. The van der Waals surface area contributed by atoms with E-state index in [9.17, 15) is 9.59 Å². The van der Waals surface area contributed by atoms with Gasteiger partial charge in [-0.05, 0) is 35.7 Å². The highest BCUT2D eigenvalue weighted by atomic mass is 79.9. The Hall–Kier alpha value is -2.40. The summed E-state index contributed by atoms with van der Waals surface area (Å²) in [4.78, 5) is 24.4. The number of carbonyl (C=O) groups is 1. The largest absolute Gasteiger partial charge is 0.324 e. The molecule has 0 aliphatic rings. The molecule has 2 aromatic carbocycles. The SMILES string of the molecule is O=C(Cn1ccc2ccccc2c1=O)Nc1cccc(Br)c1. The first-order chi connectivity index (χ1) is 10.6. The number of hydrogen-bond donors (Lipinski definition) is 1. The Bertz CT molecular complexity index is 902. The Kier molecular flexibility index (Phi) is 4.06. The number of carbonyl (C=O) groups excluding carboxylic acids is 1. The second-order valence-corrected chi connectivity index (χ2v) is 5.81. The number of halogens is 1. The molecule has 3 rings (SSSR count). The third kappa shape index (κ3) is 3.09. The normalized spacial score (nSPS) is 10.6. The molecule has 0 fully saturated rings. The van der Waals surface area contributed by atoms with E-state index in [1.807, 2.05) is 36.4 Å². The van der Waals surface area contributed by atoms with Gasteiger partial charge in [0.05, 0.1) is 0 Å². The summed E-state index contributed by atoms with van der Waals surface area (Å²) in [5.41, 5.74) is 0.524. The first-order valence-corrected chi connectivity index (χ1v) is 7.56. The minimum absolute atomic E-state index is 0.0177. The smallest absolute Gasteiger partial charge is 0.258 e. The highest BCUT2D eigenvalue weighted by molar-refractivity contribution is 9.10. The molecule has 1 heterocycles. The summed E-state index contributed by atoms with van der Waals surface area (Å²) in [5, 5.41) is 4.26. The van der Waals surface area contributed by atoms with Gasteiger partial charge < -0.3 is 9.88 Å². The maximum atomic E-state index is 12.3. The minimum atomic E-state index is -0.240. The molecular formula is C17H13BrN2O2. The van der Waals surface area contributed by atoms with Gasteiger partial charge in [0.1, 0.15) is 6.54 Å². The molecule has 0 radical (unpaired) electrons. The summed E-state index contributed by atoms with van der Waals surface area (Å²) >= 11 is 3.35. The van der Waals surface area contributed by atoms with Gasteiger partial charge in [-0.3, -0.25) is 9.59 Å². The number of nitrogens with one attached hydrogen (secondary N) is 1. The summed E-state index contributed by atoms with van der Waals surface area (Å²) in [6, 6.07) is 16.5. The topological polar surface area (TPSA) is 51.1 Å². The highest BCUT2D eigenvalue weighted by Gasteiger charge is 2.07. The molecule has 3 aromatic rings. The van der Waals surface area contributed by atoms with Crippen LogP contribution in [0.5, 0.6) is 0 Å². The van der Waals surface area contributed by atoms with Crippen LogP contribution in [0.2, 0.25) is 0 Å². The van der Waals surface area contributed by atoms with Crippen molar-refractivity contribution in [2.75, 3.05) is 5.32 Å². The molecule has 1 N–H and O–H groups in total. The van der Waals surface area contributed by atoms with Gasteiger partial charge in [0.2, 0.25) is 5.91 Å². The van der Waals surface area contributed by atoms with E-state index >= 15 is 0 Å². The van der Waals surface area contributed by atoms with E-state index in [4.69, 9.17) is 0 Å². The number of rotatable bonds is 3. The van der Waals surface area contributed by atoms with Crippen molar-refractivity contribution in [3.8, 4) is 0 Å². The van der Waals surface area contributed by atoms with Crippen molar-refractivity contribution in [3.05, 3.63) is 75.6 Å². The maximum absolute atomic E-state index is 12.3. The first-order valence-electron chi connectivity index (χ1n) is 6.77. The number of amides is 1. The fourth-order valence-electron chi connectivity index (χ4n) is 2.28. The fraction of sp³-hybridized carbons (Fsp3) is 0.0588. The van der Waals surface area contributed by atoms with E-state index in [0.29, 0.717) is 11.1 Å². The zero-order chi connectivity index (χ0) is 15.5. The third-order valence-electron chi connectivity index (χ3n) is 3.31. The second-order valence-electron chi connectivity index (χ2n) is 4.89. The van der Waals surface area contributed by atoms with Crippen LogP contribution in [-0.2, 0) is 11.3 Å². The molecule has 0 saturated heterocycles. The average molecular weight is 357 g/mol. The van der Waals surface area contributed by atoms with Crippen molar-refractivity contribution in [2.45, 2.75) is 6.54 Å². The van der Waals surface area contributed by atoms with Crippen molar-refractivity contribution in [1.82, 2.24) is 4.57 Å². The van der Waals surface area contributed by atoms with E-state index in [1.165, 1.54) is 4.57 Å². The average Bonchev–Trinajstić information content (AvgIpc) is 2.50. The zero-order valence-electron chi connectivity index (χ0n) is 11.6. The first kappa shape index (κ1) is 14.5. The molecule has 0 aliphatic heterocycles. The van der Waals surface area contributed by atoms with Crippen LogP contribution in [0.3, 0.4) is 0 Å². The molecule has 4 nitrogen and oxygen atoms in total. The number of anilines is 1. The predicted octanol–water partition coefficient (Wildman–Crippen LogP) is 3.40. The molecule has 0 atom stereocenters. The number of benzene rings is 2. The predicted molar refractivity (Wildman–Crippen MR) is 91.0 cm³/mol. The molecule has 0 spiro atoms. The van der Waals surface area contributed by atoms with Crippen LogP contribution in [0.25, 0.3) is 10.8 Å². The number of nitrogens with zero attached hydrogens (tertiary/aromatic N) is 1. The quantitative estimate of drug-likeness (QED) is 0.781. The second kappa shape index (κ2) is 6.15. The maximum Gasteiger partial charge on any atom is 0.258 e. The van der Waals surface area contributed by atoms with Gasteiger partial charge in [-0.2, -0.15) is 0 Å². The van der Waals surface area contributed by atoms with Gasteiger partial charge in [0.15, 0.2) is 0 Å². The standard InChI is InChI=1S/C17H13BrN2O2/c18-13-5-3-6-14(10-13)19-16(21)11-20-9-8-12-4-1-2-7-15(12)17(20)22/h1-10H,11H2,(H,19,21). The summed E-state index contributed by atoms with van der Waals surface area (Å²) < 4.78 is 2.29. The van der Waals surface area contributed by atoms with Gasteiger partial charge >= 0.3 is 0 Å². The van der Waals surface area contributed by atoms with Gasteiger partial charge in [0.25, 0.3) is 5.56 Å². The third-order valence-corrected chi connectivity index (χ3v) is 3.80. The van der Waals surface area contributed by atoms with Crippen LogP contribution < -0.4 is 10.9 Å². The zero-order valence-corrected chi connectivity index (χ0v) is 13.2.